The maximum Gasteiger partial charge on any atom is 0.138 e. The number of ketones is 2. The van der Waals surface area contributed by atoms with E-state index >= 15 is 0 Å². The van der Waals surface area contributed by atoms with E-state index in [-0.39, 0.29) is 17.6 Å². The standard InChI is InChI=1S/C10H18O2.C6H10O/c1-7(2)10(12)8-5-3-4-6-9(8)11;7-6-4-2-1-3-5-6/h7-8,10,12H,3-6H2,1-2H3;1-5H2. The number of hydrogen-bond acceptors (Lipinski definition) is 3. The van der Waals surface area contributed by atoms with Gasteiger partial charge in [-0.1, -0.05) is 26.7 Å². The summed E-state index contributed by atoms with van der Waals surface area (Å²) < 4.78 is 0. The highest BCUT2D eigenvalue weighted by Gasteiger charge is 2.30. The number of hydrogen-bond donors (Lipinski definition) is 1. The summed E-state index contributed by atoms with van der Waals surface area (Å²) in [5, 5.41) is 9.70. The molecule has 2 rings (SSSR count). The SMILES string of the molecule is CC(C)C(O)C1CCCCC1=O.O=C1CCCCC1. The molecule has 19 heavy (non-hydrogen) atoms. The molecule has 2 fully saturated rings. The van der Waals surface area contributed by atoms with Gasteiger partial charge in [-0.3, -0.25) is 9.59 Å². The molecule has 0 radical (unpaired) electrons. The second kappa shape index (κ2) is 8.47. The second-order valence-corrected chi connectivity index (χ2v) is 6.15. The second-order valence-electron chi connectivity index (χ2n) is 6.15. The molecule has 3 heteroatoms. The van der Waals surface area contributed by atoms with Gasteiger partial charge in [-0.05, 0) is 31.6 Å². The highest BCUT2D eigenvalue weighted by Crippen LogP contribution is 2.26. The van der Waals surface area contributed by atoms with Crippen LogP contribution in [0.4, 0.5) is 0 Å². The van der Waals surface area contributed by atoms with Gasteiger partial charge in [-0.25, -0.2) is 0 Å². The number of rotatable bonds is 2. The molecular formula is C16H28O3. The van der Waals surface area contributed by atoms with E-state index in [1.165, 1.54) is 6.42 Å². The molecule has 0 heterocycles. The van der Waals surface area contributed by atoms with Crippen LogP contribution in [0.2, 0.25) is 0 Å². The Morgan fingerprint density at radius 1 is 0.947 bits per heavy atom. The van der Waals surface area contributed by atoms with Gasteiger partial charge in [0.15, 0.2) is 0 Å². The van der Waals surface area contributed by atoms with E-state index in [1.807, 2.05) is 13.8 Å². The van der Waals surface area contributed by atoms with E-state index in [9.17, 15) is 14.7 Å². The van der Waals surface area contributed by atoms with Crippen LogP contribution < -0.4 is 0 Å². The van der Waals surface area contributed by atoms with Crippen molar-refractivity contribution in [3.8, 4) is 0 Å². The molecule has 0 aliphatic heterocycles. The van der Waals surface area contributed by atoms with Crippen LogP contribution in [0.1, 0.15) is 71.6 Å². The largest absolute Gasteiger partial charge is 0.392 e. The highest BCUT2D eigenvalue weighted by atomic mass is 16.3. The third-order valence-electron chi connectivity index (χ3n) is 4.11. The van der Waals surface area contributed by atoms with Crippen LogP contribution in [0.15, 0.2) is 0 Å². The lowest BCUT2D eigenvalue weighted by Crippen LogP contribution is -2.34. The van der Waals surface area contributed by atoms with Gasteiger partial charge in [0, 0.05) is 25.2 Å². The summed E-state index contributed by atoms with van der Waals surface area (Å²) in [6.07, 6.45) is 8.49. The van der Waals surface area contributed by atoms with E-state index in [0.717, 1.165) is 44.9 Å². The van der Waals surface area contributed by atoms with Crippen LogP contribution in [0.25, 0.3) is 0 Å². The summed E-state index contributed by atoms with van der Waals surface area (Å²) in [5.41, 5.74) is 0. The Balaban J connectivity index is 0.000000218. The molecule has 0 aromatic heterocycles. The highest BCUT2D eigenvalue weighted by molar-refractivity contribution is 5.82. The topological polar surface area (TPSA) is 54.4 Å². The van der Waals surface area contributed by atoms with E-state index in [0.29, 0.717) is 12.2 Å². The molecule has 0 aromatic carbocycles. The Hall–Kier alpha value is -0.700. The first-order chi connectivity index (χ1) is 9.02. The molecule has 0 amide bonds. The fourth-order valence-corrected chi connectivity index (χ4v) is 2.78. The van der Waals surface area contributed by atoms with E-state index in [2.05, 4.69) is 0 Å². The first-order valence-corrected chi connectivity index (χ1v) is 7.75. The molecule has 3 nitrogen and oxygen atoms in total. The molecule has 0 saturated heterocycles. The number of carbonyl (C=O) groups is 2. The van der Waals surface area contributed by atoms with Crippen LogP contribution in [-0.4, -0.2) is 22.8 Å². The monoisotopic (exact) mass is 268 g/mol. The summed E-state index contributed by atoms with van der Waals surface area (Å²) in [6.45, 7) is 3.93. The van der Waals surface area contributed by atoms with Crippen molar-refractivity contribution >= 4 is 11.6 Å². The summed E-state index contributed by atoms with van der Waals surface area (Å²) in [4.78, 5) is 21.8. The van der Waals surface area contributed by atoms with Crippen LogP contribution in [0, 0.1) is 11.8 Å². The van der Waals surface area contributed by atoms with Gasteiger partial charge in [-0.15, -0.1) is 0 Å². The van der Waals surface area contributed by atoms with Gasteiger partial charge in [0.05, 0.1) is 6.10 Å². The fraction of sp³-hybridized carbons (Fsp3) is 0.875. The predicted molar refractivity (Wildman–Crippen MR) is 75.9 cm³/mol. The third kappa shape index (κ3) is 5.85. The Bertz CT molecular complexity index is 288. The number of aliphatic hydroxyl groups is 1. The molecule has 0 bridgehead atoms. The number of aliphatic hydroxyl groups excluding tert-OH is 1. The van der Waals surface area contributed by atoms with E-state index < -0.39 is 6.10 Å². The zero-order valence-corrected chi connectivity index (χ0v) is 12.4. The van der Waals surface area contributed by atoms with Crippen molar-refractivity contribution in [3.63, 3.8) is 0 Å². The minimum Gasteiger partial charge on any atom is -0.392 e. The van der Waals surface area contributed by atoms with Crippen molar-refractivity contribution in [2.75, 3.05) is 0 Å². The predicted octanol–water partition coefficient (Wildman–Crippen LogP) is 3.28. The molecule has 0 spiro atoms. The zero-order valence-electron chi connectivity index (χ0n) is 12.4. The average Bonchev–Trinajstić information content (AvgIpc) is 2.40. The summed E-state index contributed by atoms with van der Waals surface area (Å²) in [7, 11) is 0. The quantitative estimate of drug-likeness (QED) is 0.836. The van der Waals surface area contributed by atoms with Crippen LogP contribution in [0.3, 0.4) is 0 Å². The molecule has 0 aromatic rings. The van der Waals surface area contributed by atoms with Crippen LogP contribution >= 0.6 is 0 Å². The number of carbonyl (C=O) groups excluding carboxylic acids is 2. The van der Waals surface area contributed by atoms with Crippen LogP contribution in [-0.2, 0) is 9.59 Å². The Kier molecular flexibility index (Phi) is 7.29. The van der Waals surface area contributed by atoms with Gasteiger partial charge in [0.25, 0.3) is 0 Å². The fourth-order valence-electron chi connectivity index (χ4n) is 2.78. The summed E-state index contributed by atoms with van der Waals surface area (Å²) in [5.74, 6) is 0.865. The Labute approximate surface area is 116 Å². The van der Waals surface area contributed by atoms with Crippen molar-refractivity contribution < 1.29 is 14.7 Å². The van der Waals surface area contributed by atoms with Crippen LogP contribution in [0.5, 0.6) is 0 Å². The van der Waals surface area contributed by atoms with Gasteiger partial charge in [0.2, 0.25) is 0 Å². The summed E-state index contributed by atoms with van der Waals surface area (Å²) in [6, 6.07) is 0. The molecule has 2 saturated carbocycles. The van der Waals surface area contributed by atoms with Crippen molar-refractivity contribution in [1.29, 1.82) is 0 Å². The van der Waals surface area contributed by atoms with Crippen molar-refractivity contribution in [1.82, 2.24) is 0 Å². The average molecular weight is 268 g/mol. The first kappa shape index (κ1) is 16.4. The van der Waals surface area contributed by atoms with Gasteiger partial charge < -0.3 is 5.11 Å². The van der Waals surface area contributed by atoms with Crippen molar-refractivity contribution in [3.05, 3.63) is 0 Å². The molecule has 2 aliphatic rings. The smallest absolute Gasteiger partial charge is 0.138 e. The first-order valence-electron chi connectivity index (χ1n) is 7.75. The third-order valence-corrected chi connectivity index (χ3v) is 4.11. The molecule has 1 N–H and O–H groups in total. The molecular weight excluding hydrogens is 240 g/mol. The molecule has 110 valence electrons. The maximum absolute atomic E-state index is 11.4. The zero-order chi connectivity index (χ0) is 14.3. The maximum atomic E-state index is 11.4. The molecule has 2 aliphatic carbocycles. The Morgan fingerprint density at radius 3 is 1.95 bits per heavy atom. The molecule has 2 atom stereocenters. The lowest BCUT2D eigenvalue weighted by atomic mass is 9.80. The molecule has 2 unspecified atom stereocenters. The van der Waals surface area contributed by atoms with Crippen molar-refractivity contribution in [2.24, 2.45) is 11.8 Å². The lowest BCUT2D eigenvalue weighted by Gasteiger charge is -2.27. The minimum atomic E-state index is -0.419. The van der Waals surface area contributed by atoms with E-state index in [4.69, 9.17) is 0 Å². The van der Waals surface area contributed by atoms with Gasteiger partial charge in [-0.2, -0.15) is 0 Å². The lowest BCUT2D eigenvalue weighted by molar-refractivity contribution is -0.129. The number of Topliss-reactive ketones (excluding diaryl/α,β-unsaturated/α-hetero) is 2. The Morgan fingerprint density at radius 2 is 1.53 bits per heavy atom. The normalized spacial score (nSPS) is 25.8. The van der Waals surface area contributed by atoms with E-state index in [1.54, 1.807) is 0 Å². The van der Waals surface area contributed by atoms with Crippen molar-refractivity contribution in [2.45, 2.75) is 77.7 Å². The van der Waals surface area contributed by atoms with Gasteiger partial charge >= 0.3 is 0 Å². The minimum absolute atomic E-state index is 0.0706. The summed E-state index contributed by atoms with van der Waals surface area (Å²) >= 11 is 0. The van der Waals surface area contributed by atoms with Gasteiger partial charge in [0.1, 0.15) is 11.6 Å².